The molecule has 5 heterocycles. The van der Waals surface area contributed by atoms with Gasteiger partial charge in [-0.05, 0) is 72.8 Å². The van der Waals surface area contributed by atoms with Crippen LogP contribution in [-0.4, -0.2) is 48.5 Å². The lowest BCUT2D eigenvalue weighted by atomic mass is 9.98. The summed E-state index contributed by atoms with van der Waals surface area (Å²) in [4.78, 5) is 30.5. The van der Waals surface area contributed by atoms with Crippen molar-refractivity contribution in [1.82, 2.24) is 28.4 Å². The summed E-state index contributed by atoms with van der Waals surface area (Å²) in [6.45, 7) is 7.59. The van der Waals surface area contributed by atoms with E-state index in [-0.39, 0.29) is 23.1 Å². The van der Waals surface area contributed by atoms with Gasteiger partial charge in [-0.3, -0.25) is 18.6 Å². The normalized spacial score (nSPS) is 16.7. The highest BCUT2D eigenvalue weighted by Crippen LogP contribution is 2.31. The summed E-state index contributed by atoms with van der Waals surface area (Å²) in [6.07, 6.45) is 4.09. The molecule has 0 spiro atoms. The number of aromatic nitrogens is 5. The van der Waals surface area contributed by atoms with Gasteiger partial charge in [0, 0.05) is 37.6 Å². The van der Waals surface area contributed by atoms with E-state index in [1.807, 2.05) is 34.6 Å². The first-order chi connectivity index (χ1) is 18.8. The first kappa shape index (κ1) is 25.8. The van der Waals surface area contributed by atoms with Gasteiger partial charge in [0.15, 0.2) is 5.65 Å². The third kappa shape index (κ3) is 4.67. The molecule has 8 nitrogen and oxygen atoms in total. The highest BCUT2D eigenvalue weighted by Gasteiger charge is 2.27. The van der Waals surface area contributed by atoms with Crippen LogP contribution in [0.4, 0.5) is 0 Å². The van der Waals surface area contributed by atoms with Crippen LogP contribution in [0.15, 0.2) is 57.6 Å². The second-order valence-corrected chi connectivity index (χ2v) is 12.4. The van der Waals surface area contributed by atoms with Crippen molar-refractivity contribution in [2.45, 2.75) is 46.3 Å². The molecule has 0 bridgehead atoms. The number of hydrogen-bond donors (Lipinski definition) is 0. The van der Waals surface area contributed by atoms with Crippen molar-refractivity contribution < 1.29 is 0 Å². The maximum absolute atomic E-state index is 14.3. The third-order valence-electron chi connectivity index (χ3n) is 7.89. The zero-order chi connectivity index (χ0) is 27.3. The van der Waals surface area contributed by atoms with E-state index in [1.54, 1.807) is 15.9 Å². The van der Waals surface area contributed by atoms with E-state index >= 15 is 0 Å². The van der Waals surface area contributed by atoms with E-state index in [9.17, 15) is 9.59 Å². The zero-order valence-corrected chi connectivity index (χ0v) is 23.9. The zero-order valence-electron chi connectivity index (χ0n) is 23.1. The molecule has 1 fully saturated rings. The van der Waals surface area contributed by atoms with Gasteiger partial charge in [-0.15, -0.1) is 11.3 Å². The molecule has 0 radical (unpaired) electrons. The number of fused-ring (bicyclic) bond motifs is 2. The fourth-order valence-electron chi connectivity index (χ4n) is 6.06. The standard InChI is InChI=1S/C30H36N6O2S/c1-20(2)15-34-28-26(29(37)35(30(34)38)17-21-9-7-13-32(3)16-21)27(24-11-8-14-33(24)4)36(31-28)18-22-19-39-25-12-6-5-10-23(22)25/h5-6,8,10-12,14,19-21H,7,9,13,15-18H2,1-4H3. The first-order valence-electron chi connectivity index (χ1n) is 13.8. The summed E-state index contributed by atoms with van der Waals surface area (Å²) in [5.41, 5.74) is 2.82. The molecule has 1 saturated heterocycles. The van der Waals surface area contributed by atoms with Gasteiger partial charge in [-0.25, -0.2) is 4.79 Å². The number of hydrogen-bond acceptors (Lipinski definition) is 5. The summed E-state index contributed by atoms with van der Waals surface area (Å²) >= 11 is 1.71. The first-order valence-corrected chi connectivity index (χ1v) is 14.7. The number of benzene rings is 1. The van der Waals surface area contributed by atoms with Crippen LogP contribution in [-0.2, 0) is 26.7 Å². The Labute approximate surface area is 231 Å². The van der Waals surface area contributed by atoms with E-state index in [2.05, 4.69) is 55.4 Å². The van der Waals surface area contributed by atoms with Crippen molar-refractivity contribution in [3.8, 4) is 11.4 Å². The van der Waals surface area contributed by atoms with Crippen molar-refractivity contribution in [1.29, 1.82) is 0 Å². The molecule has 1 atom stereocenters. The minimum absolute atomic E-state index is 0.224. The smallest absolute Gasteiger partial charge is 0.332 e. The summed E-state index contributed by atoms with van der Waals surface area (Å²) in [5.74, 6) is 0.493. The largest absolute Gasteiger partial charge is 0.349 e. The number of aryl methyl sites for hydroxylation is 1. The molecule has 1 aliphatic rings. The van der Waals surface area contributed by atoms with Crippen LogP contribution in [0.2, 0.25) is 0 Å². The monoisotopic (exact) mass is 544 g/mol. The average Bonchev–Trinajstić information content (AvgIpc) is 3.61. The van der Waals surface area contributed by atoms with Crippen LogP contribution in [0.25, 0.3) is 32.5 Å². The molecule has 5 aromatic rings. The Hall–Kier alpha value is -3.43. The average molecular weight is 545 g/mol. The third-order valence-corrected chi connectivity index (χ3v) is 8.90. The van der Waals surface area contributed by atoms with Gasteiger partial charge in [0.05, 0.1) is 12.2 Å². The van der Waals surface area contributed by atoms with Gasteiger partial charge in [0.25, 0.3) is 5.56 Å². The van der Waals surface area contributed by atoms with Crippen molar-refractivity contribution in [3.63, 3.8) is 0 Å². The Kier molecular flexibility index (Phi) is 6.81. The van der Waals surface area contributed by atoms with Crippen molar-refractivity contribution >= 4 is 32.5 Å². The van der Waals surface area contributed by atoms with Gasteiger partial charge >= 0.3 is 5.69 Å². The summed E-state index contributed by atoms with van der Waals surface area (Å²) in [7, 11) is 4.10. The molecule has 1 aliphatic heterocycles. The summed E-state index contributed by atoms with van der Waals surface area (Å²) in [5, 5.41) is 8.91. The van der Waals surface area contributed by atoms with Gasteiger partial charge in [0.1, 0.15) is 11.1 Å². The predicted molar refractivity (Wildman–Crippen MR) is 159 cm³/mol. The maximum Gasteiger partial charge on any atom is 0.332 e. The fourth-order valence-corrected chi connectivity index (χ4v) is 7.02. The van der Waals surface area contributed by atoms with Crippen LogP contribution in [0.3, 0.4) is 0 Å². The van der Waals surface area contributed by atoms with Gasteiger partial charge in [-0.2, -0.15) is 5.10 Å². The minimum atomic E-state index is -0.251. The number of rotatable bonds is 7. The number of thiophene rings is 1. The van der Waals surface area contributed by atoms with E-state index in [4.69, 9.17) is 5.10 Å². The summed E-state index contributed by atoms with van der Waals surface area (Å²) in [6, 6.07) is 12.4. The molecule has 0 N–H and O–H groups in total. The van der Waals surface area contributed by atoms with E-state index in [0.717, 1.165) is 42.9 Å². The van der Waals surface area contributed by atoms with Gasteiger partial charge in [0.2, 0.25) is 0 Å². The van der Waals surface area contributed by atoms with Crippen LogP contribution < -0.4 is 11.2 Å². The quantitative estimate of drug-likeness (QED) is 0.300. The van der Waals surface area contributed by atoms with Crippen LogP contribution in [0.1, 0.15) is 32.3 Å². The highest BCUT2D eigenvalue weighted by atomic mass is 32.1. The Bertz CT molecular complexity index is 1770. The van der Waals surface area contributed by atoms with Gasteiger partial charge in [-0.1, -0.05) is 32.0 Å². The maximum atomic E-state index is 14.3. The Morgan fingerprint density at radius 3 is 2.64 bits per heavy atom. The molecule has 6 rings (SSSR count). The lowest BCUT2D eigenvalue weighted by molar-refractivity contribution is 0.191. The molecule has 9 heteroatoms. The molecular formula is C30H36N6O2S. The molecular weight excluding hydrogens is 508 g/mol. The second kappa shape index (κ2) is 10.3. The molecule has 0 saturated carbocycles. The predicted octanol–water partition coefficient (Wildman–Crippen LogP) is 4.63. The minimum Gasteiger partial charge on any atom is -0.349 e. The molecule has 1 unspecified atom stereocenters. The molecule has 1 aromatic carbocycles. The van der Waals surface area contributed by atoms with Crippen LogP contribution in [0.5, 0.6) is 0 Å². The molecule has 0 aliphatic carbocycles. The lowest BCUT2D eigenvalue weighted by Crippen LogP contribution is -2.44. The SMILES string of the molecule is CC(C)Cn1c(=O)n(CC2CCCN(C)C2)c(=O)c2c(-c3cccn3C)n(Cc3csc4ccccc34)nc21. The molecule has 204 valence electrons. The van der Waals surface area contributed by atoms with Crippen LogP contribution in [0, 0.1) is 11.8 Å². The Balaban J connectivity index is 1.60. The lowest BCUT2D eigenvalue weighted by Gasteiger charge is -2.29. The summed E-state index contributed by atoms with van der Waals surface area (Å²) < 4.78 is 8.41. The highest BCUT2D eigenvalue weighted by molar-refractivity contribution is 7.17. The number of nitrogens with zero attached hydrogens (tertiary/aromatic N) is 6. The molecule has 39 heavy (non-hydrogen) atoms. The van der Waals surface area contributed by atoms with E-state index in [0.29, 0.717) is 30.7 Å². The fraction of sp³-hybridized carbons (Fsp3) is 0.433. The second-order valence-electron chi connectivity index (χ2n) is 11.4. The van der Waals surface area contributed by atoms with E-state index < -0.39 is 0 Å². The molecule has 0 amide bonds. The van der Waals surface area contributed by atoms with Crippen LogP contribution >= 0.6 is 11.3 Å². The topological polar surface area (TPSA) is 70.0 Å². The van der Waals surface area contributed by atoms with E-state index in [1.165, 1.54) is 14.7 Å². The van der Waals surface area contributed by atoms with Gasteiger partial charge < -0.3 is 9.47 Å². The van der Waals surface area contributed by atoms with Crippen molar-refractivity contribution in [3.05, 3.63) is 74.4 Å². The van der Waals surface area contributed by atoms with Crippen molar-refractivity contribution in [2.24, 2.45) is 18.9 Å². The Morgan fingerprint density at radius 2 is 1.90 bits per heavy atom. The van der Waals surface area contributed by atoms with Crippen molar-refractivity contribution in [2.75, 3.05) is 20.1 Å². The number of piperidine rings is 1. The molecule has 4 aromatic heterocycles. The Morgan fingerprint density at radius 1 is 1.08 bits per heavy atom. The number of likely N-dealkylation sites (tertiary alicyclic amines) is 1.